The van der Waals surface area contributed by atoms with Gasteiger partial charge in [0, 0.05) is 0 Å². The summed E-state index contributed by atoms with van der Waals surface area (Å²) in [7, 11) is 0. The molecule has 0 amide bonds. The minimum atomic E-state index is -0.443. The van der Waals surface area contributed by atoms with Crippen molar-refractivity contribution in [2.24, 2.45) is 0 Å². The molecule has 1 aromatic rings. The zero-order chi connectivity index (χ0) is 12.0. The van der Waals surface area contributed by atoms with E-state index in [1.165, 1.54) is 0 Å². The van der Waals surface area contributed by atoms with Crippen molar-refractivity contribution in [2.75, 3.05) is 6.61 Å². The largest absolute Gasteiger partial charge is 0.462 e. The van der Waals surface area contributed by atoms with E-state index in [0.29, 0.717) is 12.2 Å². The van der Waals surface area contributed by atoms with E-state index in [4.69, 9.17) is 4.74 Å². The summed E-state index contributed by atoms with van der Waals surface area (Å²) >= 11 is 0. The average molecular weight is 222 g/mol. The molecule has 16 heavy (non-hydrogen) atoms. The summed E-state index contributed by atoms with van der Waals surface area (Å²) in [5, 5.41) is 9.74. The van der Waals surface area contributed by atoms with Gasteiger partial charge in [-0.3, -0.25) is 0 Å². The molecular weight excluding hydrogens is 204 g/mol. The lowest BCUT2D eigenvalue weighted by Crippen LogP contribution is -2.05. The topological polar surface area (TPSA) is 46.5 Å². The van der Waals surface area contributed by atoms with E-state index in [0.717, 1.165) is 18.4 Å². The van der Waals surface area contributed by atoms with E-state index in [9.17, 15) is 9.90 Å². The zero-order valence-corrected chi connectivity index (χ0v) is 9.77. The predicted molar refractivity (Wildman–Crippen MR) is 62.3 cm³/mol. The molecule has 0 aliphatic heterocycles. The van der Waals surface area contributed by atoms with Crippen LogP contribution in [0.1, 0.15) is 48.7 Å². The van der Waals surface area contributed by atoms with Crippen molar-refractivity contribution >= 4 is 5.97 Å². The number of hydrogen-bond donors (Lipinski definition) is 1. The van der Waals surface area contributed by atoms with Gasteiger partial charge < -0.3 is 9.84 Å². The molecule has 0 fully saturated rings. The smallest absolute Gasteiger partial charge is 0.338 e. The minimum Gasteiger partial charge on any atom is -0.462 e. The number of carbonyl (C=O) groups is 1. The molecule has 0 bridgehead atoms. The number of carbonyl (C=O) groups excluding carboxylic acids is 1. The van der Waals surface area contributed by atoms with Crippen molar-refractivity contribution < 1.29 is 14.6 Å². The first-order valence-corrected chi connectivity index (χ1v) is 5.64. The van der Waals surface area contributed by atoms with Crippen LogP contribution in [0, 0.1) is 0 Å². The second-order valence-corrected chi connectivity index (χ2v) is 3.65. The fourth-order valence-electron chi connectivity index (χ4n) is 1.50. The van der Waals surface area contributed by atoms with Crippen LogP contribution in [0.4, 0.5) is 0 Å². The molecule has 0 saturated heterocycles. The third-order valence-corrected chi connectivity index (χ3v) is 2.37. The number of aliphatic hydroxyl groups excluding tert-OH is 1. The Bertz CT molecular complexity index is 330. The second-order valence-electron chi connectivity index (χ2n) is 3.65. The Hall–Kier alpha value is -1.35. The normalized spacial score (nSPS) is 12.2. The Labute approximate surface area is 96.1 Å². The highest BCUT2D eigenvalue weighted by atomic mass is 16.5. The van der Waals surface area contributed by atoms with Gasteiger partial charge >= 0.3 is 5.97 Å². The third-order valence-electron chi connectivity index (χ3n) is 2.37. The van der Waals surface area contributed by atoms with E-state index < -0.39 is 6.10 Å². The molecule has 0 saturated carbocycles. The quantitative estimate of drug-likeness (QED) is 0.779. The van der Waals surface area contributed by atoms with Crippen LogP contribution in [0.15, 0.2) is 24.3 Å². The first-order valence-electron chi connectivity index (χ1n) is 5.64. The molecule has 88 valence electrons. The first kappa shape index (κ1) is 12.7. The van der Waals surface area contributed by atoms with Crippen molar-refractivity contribution in [2.45, 2.75) is 32.8 Å². The zero-order valence-electron chi connectivity index (χ0n) is 9.77. The highest BCUT2D eigenvalue weighted by Gasteiger charge is 2.09. The van der Waals surface area contributed by atoms with E-state index in [1.54, 1.807) is 31.2 Å². The molecule has 0 aliphatic carbocycles. The van der Waals surface area contributed by atoms with E-state index >= 15 is 0 Å². The predicted octanol–water partition coefficient (Wildman–Crippen LogP) is 2.70. The molecule has 1 atom stereocenters. The molecule has 1 N–H and O–H groups in total. The Morgan fingerprint density at radius 2 is 1.94 bits per heavy atom. The molecular formula is C13H18O3. The fraction of sp³-hybridized carbons (Fsp3) is 0.462. The third kappa shape index (κ3) is 3.35. The summed E-state index contributed by atoms with van der Waals surface area (Å²) in [5.41, 5.74) is 1.36. The summed E-state index contributed by atoms with van der Waals surface area (Å²) in [4.78, 5) is 11.4. The van der Waals surface area contributed by atoms with Crippen molar-refractivity contribution in [1.82, 2.24) is 0 Å². The van der Waals surface area contributed by atoms with Crippen molar-refractivity contribution in [3.05, 3.63) is 35.4 Å². The van der Waals surface area contributed by atoms with Gasteiger partial charge in [-0.05, 0) is 31.0 Å². The molecule has 3 nitrogen and oxygen atoms in total. The second kappa shape index (κ2) is 6.28. The fourth-order valence-corrected chi connectivity index (χ4v) is 1.50. The molecule has 0 spiro atoms. The minimum absolute atomic E-state index is 0.320. The summed E-state index contributed by atoms with van der Waals surface area (Å²) < 4.78 is 4.87. The van der Waals surface area contributed by atoms with Crippen molar-refractivity contribution in [3.63, 3.8) is 0 Å². The van der Waals surface area contributed by atoms with Crippen LogP contribution in [0.2, 0.25) is 0 Å². The van der Waals surface area contributed by atoms with Crippen LogP contribution in [-0.2, 0) is 4.74 Å². The lowest BCUT2D eigenvalue weighted by molar-refractivity contribution is 0.0526. The maximum atomic E-state index is 11.4. The molecule has 3 heteroatoms. The highest BCUT2D eigenvalue weighted by Crippen LogP contribution is 2.18. The number of ether oxygens (including phenoxy) is 1. The summed E-state index contributed by atoms with van der Waals surface area (Å²) in [6.45, 7) is 4.17. The lowest BCUT2D eigenvalue weighted by atomic mass is 10.0. The first-order chi connectivity index (χ1) is 7.69. The van der Waals surface area contributed by atoms with Gasteiger partial charge in [0.05, 0.1) is 18.3 Å². The van der Waals surface area contributed by atoms with Crippen LogP contribution in [0.3, 0.4) is 0 Å². The van der Waals surface area contributed by atoms with Crippen LogP contribution in [0.5, 0.6) is 0 Å². The Morgan fingerprint density at radius 1 is 1.31 bits per heavy atom. The van der Waals surface area contributed by atoms with Crippen LogP contribution < -0.4 is 0 Å². The summed E-state index contributed by atoms with van der Waals surface area (Å²) in [6.07, 6.45) is 1.22. The molecule has 0 heterocycles. The average Bonchev–Trinajstić information content (AvgIpc) is 2.30. The van der Waals surface area contributed by atoms with Gasteiger partial charge in [0.1, 0.15) is 0 Å². The molecule has 0 aromatic heterocycles. The Balaban J connectivity index is 2.71. The Morgan fingerprint density at radius 3 is 2.44 bits per heavy atom. The van der Waals surface area contributed by atoms with Crippen molar-refractivity contribution in [1.29, 1.82) is 0 Å². The molecule has 1 aromatic carbocycles. The van der Waals surface area contributed by atoms with Gasteiger partial charge in [0.25, 0.3) is 0 Å². The van der Waals surface area contributed by atoms with Crippen LogP contribution >= 0.6 is 0 Å². The SMILES string of the molecule is CCC[C@@H](O)c1ccc(C(=O)OCC)cc1. The standard InChI is InChI=1S/C13H18O3/c1-3-5-12(14)10-6-8-11(9-7-10)13(15)16-4-2/h6-9,12,14H,3-5H2,1-2H3/t12-/m1/s1. The number of rotatable bonds is 5. The molecule has 0 aliphatic rings. The van der Waals surface area contributed by atoms with E-state index in [1.807, 2.05) is 6.92 Å². The van der Waals surface area contributed by atoms with Crippen LogP contribution in [0.25, 0.3) is 0 Å². The van der Waals surface area contributed by atoms with Gasteiger partial charge in [-0.15, -0.1) is 0 Å². The number of esters is 1. The van der Waals surface area contributed by atoms with E-state index in [-0.39, 0.29) is 5.97 Å². The summed E-state index contributed by atoms with van der Waals surface area (Å²) in [5.74, 6) is -0.320. The van der Waals surface area contributed by atoms with Gasteiger partial charge in [0.2, 0.25) is 0 Å². The Kier molecular flexibility index (Phi) is 4.99. The monoisotopic (exact) mass is 222 g/mol. The van der Waals surface area contributed by atoms with Gasteiger partial charge in [-0.1, -0.05) is 25.5 Å². The van der Waals surface area contributed by atoms with Gasteiger partial charge in [0.15, 0.2) is 0 Å². The molecule has 0 unspecified atom stereocenters. The highest BCUT2D eigenvalue weighted by molar-refractivity contribution is 5.89. The maximum absolute atomic E-state index is 11.4. The number of hydrogen-bond acceptors (Lipinski definition) is 3. The number of benzene rings is 1. The van der Waals surface area contributed by atoms with Crippen LogP contribution in [-0.4, -0.2) is 17.7 Å². The van der Waals surface area contributed by atoms with Crippen molar-refractivity contribution in [3.8, 4) is 0 Å². The van der Waals surface area contributed by atoms with Gasteiger partial charge in [-0.25, -0.2) is 4.79 Å². The summed E-state index contributed by atoms with van der Waals surface area (Å²) in [6, 6.07) is 6.91. The van der Waals surface area contributed by atoms with Gasteiger partial charge in [-0.2, -0.15) is 0 Å². The number of aliphatic hydroxyl groups is 1. The maximum Gasteiger partial charge on any atom is 0.338 e. The molecule has 1 rings (SSSR count). The van der Waals surface area contributed by atoms with E-state index in [2.05, 4.69) is 0 Å². The lowest BCUT2D eigenvalue weighted by Gasteiger charge is -2.09. The molecule has 0 radical (unpaired) electrons.